The molecule has 3 aromatic carbocycles. The Morgan fingerprint density at radius 2 is 1.67 bits per heavy atom. The summed E-state index contributed by atoms with van der Waals surface area (Å²) in [5, 5.41) is 10.7. The summed E-state index contributed by atoms with van der Waals surface area (Å²) in [4.78, 5) is 9.18. The van der Waals surface area contributed by atoms with Crippen LogP contribution in [0.15, 0.2) is 66.7 Å². The van der Waals surface area contributed by atoms with Crippen LogP contribution < -0.4 is 4.74 Å². The van der Waals surface area contributed by atoms with E-state index in [-0.39, 0.29) is 0 Å². The smallest absolute Gasteiger partial charge is 0.230 e. The molecular formula is C21H11Cl2N3O. The van der Waals surface area contributed by atoms with Gasteiger partial charge >= 0.3 is 0 Å². The van der Waals surface area contributed by atoms with Gasteiger partial charge in [0.2, 0.25) is 5.88 Å². The van der Waals surface area contributed by atoms with E-state index in [0.717, 1.165) is 10.9 Å². The van der Waals surface area contributed by atoms with Crippen molar-refractivity contribution in [2.45, 2.75) is 0 Å². The molecule has 0 radical (unpaired) electrons. The highest BCUT2D eigenvalue weighted by atomic mass is 35.5. The molecule has 0 atom stereocenters. The van der Waals surface area contributed by atoms with Crippen LogP contribution in [-0.4, -0.2) is 9.97 Å². The molecule has 1 heterocycles. The number of fused-ring (bicyclic) bond motifs is 1. The van der Waals surface area contributed by atoms with E-state index in [1.54, 1.807) is 42.5 Å². The van der Waals surface area contributed by atoms with Gasteiger partial charge in [-0.15, -0.1) is 0 Å². The Bertz CT molecular complexity index is 1180. The standard InChI is InChI=1S/C21H11Cl2N3O/c22-14-7-10-16(18(23)11-14)20-25-19-4-2-1-3-17(19)21(26-20)27-15-8-5-13(12-24)6-9-15/h1-11H. The maximum atomic E-state index is 8.93. The van der Waals surface area contributed by atoms with Gasteiger partial charge in [-0.1, -0.05) is 35.3 Å². The van der Waals surface area contributed by atoms with Gasteiger partial charge in [0.15, 0.2) is 5.82 Å². The molecule has 0 unspecified atom stereocenters. The molecule has 0 spiro atoms. The first kappa shape index (κ1) is 17.3. The molecule has 0 aliphatic heterocycles. The van der Waals surface area contributed by atoms with Crippen LogP contribution in [0.5, 0.6) is 11.6 Å². The Hall–Kier alpha value is -3.13. The fraction of sp³-hybridized carbons (Fsp3) is 0. The lowest BCUT2D eigenvalue weighted by Crippen LogP contribution is -1.96. The second-order valence-electron chi connectivity index (χ2n) is 5.73. The molecule has 0 saturated carbocycles. The van der Waals surface area contributed by atoms with Crippen molar-refractivity contribution in [3.63, 3.8) is 0 Å². The number of nitriles is 1. The highest BCUT2D eigenvalue weighted by molar-refractivity contribution is 6.36. The number of hydrogen-bond donors (Lipinski definition) is 0. The van der Waals surface area contributed by atoms with Crippen molar-refractivity contribution in [2.24, 2.45) is 0 Å². The quantitative estimate of drug-likeness (QED) is 0.412. The van der Waals surface area contributed by atoms with Gasteiger partial charge in [-0.2, -0.15) is 10.2 Å². The summed E-state index contributed by atoms with van der Waals surface area (Å²) < 4.78 is 5.99. The second-order valence-corrected chi connectivity index (χ2v) is 6.58. The zero-order valence-corrected chi connectivity index (χ0v) is 15.4. The molecule has 0 aliphatic rings. The number of halogens is 2. The molecule has 27 heavy (non-hydrogen) atoms. The normalized spacial score (nSPS) is 10.6. The average Bonchev–Trinajstić information content (AvgIpc) is 2.68. The zero-order chi connectivity index (χ0) is 18.8. The molecule has 4 nitrogen and oxygen atoms in total. The SMILES string of the molecule is N#Cc1ccc(Oc2nc(-c3ccc(Cl)cc3Cl)nc3ccccc23)cc1. The van der Waals surface area contributed by atoms with Crippen molar-refractivity contribution in [1.82, 2.24) is 9.97 Å². The Balaban J connectivity index is 1.84. The topological polar surface area (TPSA) is 58.8 Å². The van der Waals surface area contributed by atoms with Gasteiger partial charge in [0.05, 0.1) is 27.6 Å². The van der Waals surface area contributed by atoms with Crippen molar-refractivity contribution in [2.75, 3.05) is 0 Å². The molecule has 6 heteroatoms. The lowest BCUT2D eigenvalue weighted by Gasteiger charge is -2.11. The van der Waals surface area contributed by atoms with Crippen molar-refractivity contribution in [3.8, 4) is 29.1 Å². The summed E-state index contributed by atoms with van der Waals surface area (Å²) in [5.74, 6) is 1.43. The van der Waals surface area contributed by atoms with E-state index >= 15 is 0 Å². The molecule has 0 saturated heterocycles. The number of para-hydroxylation sites is 1. The number of nitrogens with zero attached hydrogens (tertiary/aromatic N) is 3. The first-order valence-corrected chi connectivity index (χ1v) is 8.80. The second kappa shape index (κ2) is 7.24. The van der Waals surface area contributed by atoms with E-state index in [1.807, 2.05) is 24.3 Å². The first-order valence-electron chi connectivity index (χ1n) is 8.04. The van der Waals surface area contributed by atoms with Gasteiger partial charge in [0.25, 0.3) is 0 Å². The molecular weight excluding hydrogens is 381 g/mol. The number of aromatic nitrogens is 2. The summed E-state index contributed by atoms with van der Waals surface area (Å²) in [7, 11) is 0. The number of ether oxygens (including phenoxy) is 1. The minimum absolute atomic E-state index is 0.409. The maximum Gasteiger partial charge on any atom is 0.230 e. The predicted molar refractivity (Wildman–Crippen MR) is 106 cm³/mol. The fourth-order valence-electron chi connectivity index (χ4n) is 2.63. The Kier molecular flexibility index (Phi) is 4.64. The van der Waals surface area contributed by atoms with Crippen LogP contribution in [0.1, 0.15) is 5.56 Å². The number of hydrogen-bond acceptors (Lipinski definition) is 4. The maximum absolute atomic E-state index is 8.93. The predicted octanol–water partition coefficient (Wildman–Crippen LogP) is 6.27. The minimum Gasteiger partial charge on any atom is -0.438 e. The van der Waals surface area contributed by atoms with E-state index in [9.17, 15) is 0 Å². The third-order valence-corrected chi connectivity index (χ3v) is 4.49. The van der Waals surface area contributed by atoms with Gasteiger partial charge in [0, 0.05) is 10.6 Å². The van der Waals surface area contributed by atoms with Crippen LogP contribution >= 0.6 is 23.2 Å². The summed E-state index contributed by atoms with van der Waals surface area (Å²) in [6.07, 6.45) is 0. The molecule has 4 rings (SSSR count). The average molecular weight is 392 g/mol. The van der Waals surface area contributed by atoms with Crippen LogP contribution in [0.3, 0.4) is 0 Å². The van der Waals surface area contributed by atoms with E-state index in [4.69, 9.17) is 33.2 Å². The van der Waals surface area contributed by atoms with Crippen molar-refractivity contribution in [3.05, 3.63) is 82.3 Å². The first-order chi connectivity index (χ1) is 13.1. The molecule has 0 fully saturated rings. The monoisotopic (exact) mass is 391 g/mol. The Labute approximate surface area is 165 Å². The van der Waals surface area contributed by atoms with E-state index < -0.39 is 0 Å². The van der Waals surface area contributed by atoms with E-state index in [0.29, 0.717) is 38.6 Å². The minimum atomic E-state index is 0.409. The molecule has 4 aromatic rings. The van der Waals surface area contributed by atoms with Crippen LogP contribution in [0, 0.1) is 11.3 Å². The van der Waals surface area contributed by atoms with Gasteiger partial charge < -0.3 is 4.74 Å². The summed E-state index contributed by atoms with van der Waals surface area (Å²) >= 11 is 12.3. The molecule has 1 aromatic heterocycles. The summed E-state index contributed by atoms with van der Waals surface area (Å²) in [6.45, 7) is 0. The zero-order valence-electron chi connectivity index (χ0n) is 13.9. The largest absolute Gasteiger partial charge is 0.438 e. The van der Waals surface area contributed by atoms with E-state index in [1.165, 1.54) is 0 Å². The van der Waals surface area contributed by atoms with Crippen molar-refractivity contribution in [1.29, 1.82) is 5.26 Å². The number of rotatable bonds is 3. The summed E-state index contributed by atoms with van der Waals surface area (Å²) in [6, 6.07) is 21.7. The third-order valence-electron chi connectivity index (χ3n) is 3.94. The Morgan fingerprint density at radius 1 is 0.889 bits per heavy atom. The van der Waals surface area contributed by atoms with Crippen LogP contribution in [0.25, 0.3) is 22.3 Å². The number of benzene rings is 3. The summed E-state index contributed by atoms with van der Waals surface area (Å²) in [5.41, 5.74) is 1.96. The molecule has 0 N–H and O–H groups in total. The van der Waals surface area contributed by atoms with Crippen molar-refractivity contribution < 1.29 is 4.74 Å². The third kappa shape index (κ3) is 3.56. The highest BCUT2D eigenvalue weighted by Gasteiger charge is 2.14. The van der Waals surface area contributed by atoms with Crippen LogP contribution in [0.4, 0.5) is 0 Å². The lowest BCUT2D eigenvalue weighted by molar-refractivity contribution is 0.469. The van der Waals surface area contributed by atoms with Gasteiger partial charge in [-0.05, 0) is 54.6 Å². The van der Waals surface area contributed by atoms with E-state index in [2.05, 4.69) is 16.0 Å². The highest BCUT2D eigenvalue weighted by Crippen LogP contribution is 2.33. The van der Waals surface area contributed by atoms with Crippen LogP contribution in [-0.2, 0) is 0 Å². The van der Waals surface area contributed by atoms with Gasteiger partial charge in [0.1, 0.15) is 5.75 Å². The van der Waals surface area contributed by atoms with Gasteiger partial charge in [-0.25, -0.2) is 4.98 Å². The Morgan fingerprint density at radius 3 is 2.41 bits per heavy atom. The lowest BCUT2D eigenvalue weighted by atomic mass is 10.2. The molecule has 0 amide bonds. The molecule has 130 valence electrons. The van der Waals surface area contributed by atoms with Crippen molar-refractivity contribution >= 4 is 34.1 Å². The fourth-order valence-corrected chi connectivity index (χ4v) is 3.12. The molecule has 0 aliphatic carbocycles. The molecule has 0 bridgehead atoms. The van der Waals surface area contributed by atoms with Gasteiger partial charge in [-0.3, -0.25) is 0 Å². The van der Waals surface area contributed by atoms with Crippen LogP contribution in [0.2, 0.25) is 10.0 Å².